The zero-order valence-electron chi connectivity index (χ0n) is 29.9. The first-order chi connectivity index (χ1) is 23.6. The van der Waals surface area contributed by atoms with Gasteiger partial charge in [0.1, 0.15) is 19.3 Å². The van der Waals surface area contributed by atoms with Gasteiger partial charge in [-0.3, -0.25) is 0 Å². The molecule has 5 nitrogen and oxygen atoms in total. The largest absolute Gasteiger partial charge is 0.460 e. The summed E-state index contributed by atoms with van der Waals surface area (Å²) in [6, 6.07) is 0. The number of rotatable bonds is 30. The van der Waals surface area contributed by atoms with Crippen LogP contribution in [-0.4, -0.2) is 36.4 Å². The molecule has 0 bridgehead atoms. The Morgan fingerprint density at radius 1 is 0.438 bits per heavy atom. The number of aliphatic hydroxyl groups excluding tert-OH is 1. The Morgan fingerprint density at radius 3 is 1.08 bits per heavy atom. The van der Waals surface area contributed by atoms with E-state index >= 15 is 0 Å². The zero-order chi connectivity index (χ0) is 35.0. The van der Waals surface area contributed by atoms with Crippen LogP contribution in [0.3, 0.4) is 0 Å². The number of hydrogen-bond donors (Lipinski definition) is 1. The molecule has 0 amide bonds. The Bertz CT molecular complexity index is 981. The van der Waals surface area contributed by atoms with Crippen LogP contribution in [0.1, 0.15) is 117 Å². The van der Waals surface area contributed by atoms with Crippen molar-refractivity contribution in [2.45, 2.75) is 123 Å². The molecule has 0 aliphatic heterocycles. The molecule has 0 unspecified atom stereocenters. The highest BCUT2D eigenvalue weighted by Gasteiger charge is 2.09. The number of unbranched alkanes of at least 4 members (excludes halogenated alkanes) is 14. The molecule has 0 aromatic heterocycles. The smallest absolute Gasteiger partial charge is 0.330 e. The molecule has 0 atom stereocenters. The fourth-order valence-electron chi connectivity index (χ4n) is 4.33. The lowest BCUT2D eigenvalue weighted by Crippen LogP contribution is -2.24. The second-order valence-electron chi connectivity index (χ2n) is 11.6. The van der Waals surface area contributed by atoms with Crippen LogP contribution in [0.2, 0.25) is 0 Å². The van der Waals surface area contributed by atoms with Gasteiger partial charge in [0.05, 0.1) is 0 Å². The van der Waals surface area contributed by atoms with Gasteiger partial charge in [-0.1, -0.05) is 200 Å². The van der Waals surface area contributed by atoms with E-state index in [1.54, 1.807) is 36.5 Å². The third-order valence-electron chi connectivity index (χ3n) is 7.08. The number of aliphatic hydroxyl groups is 1. The van der Waals surface area contributed by atoms with Crippen molar-refractivity contribution in [1.82, 2.24) is 0 Å². The molecule has 1 N–H and O–H groups in total. The summed E-state index contributed by atoms with van der Waals surface area (Å²) in [6.45, 7) is 3.95. The van der Waals surface area contributed by atoms with Crippen molar-refractivity contribution < 1.29 is 24.2 Å². The standard InChI is InChI=1S/C43H64O5/c1-3-5-7-9-11-13-15-17-19-21-23-25-27-29-31-33-35-37-42(45)47-39-41(44)40-48-43(46)38-36-34-32-30-28-26-24-22-20-18-16-14-12-10-8-6-4-2/h19-38,41,44H,3-18,39-40H2,1-2H3/b21-19+,22-20+,25-23+,26-24+,29-27+,30-28+,33-31+,34-32+,37-35+,38-36+. The van der Waals surface area contributed by atoms with Gasteiger partial charge in [-0.25, -0.2) is 9.59 Å². The van der Waals surface area contributed by atoms with Crippen molar-refractivity contribution >= 4 is 11.9 Å². The maximum Gasteiger partial charge on any atom is 0.330 e. The summed E-state index contributed by atoms with van der Waals surface area (Å²) in [4.78, 5) is 23.6. The third kappa shape index (κ3) is 36.8. The summed E-state index contributed by atoms with van der Waals surface area (Å²) in [5.41, 5.74) is 0. The topological polar surface area (TPSA) is 72.8 Å². The molecular formula is C43H64O5. The second kappa shape index (κ2) is 37.8. The Labute approximate surface area is 293 Å². The lowest BCUT2D eigenvalue weighted by molar-refractivity contribution is -0.146. The first-order valence-corrected chi connectivity index (χ1v) is 18.3. The van der Waals surface area contributed by atoms with Crippen LogP contribution in [0.15, 0.2) is 122 Å². The average molecular weight is 661 g/mol. The summed E-state index contributed by atoms with van der Waals surface area (Å²) in [7, 11) is 0. The number of carbonyl (C=O) groups excluding carboxylic acids is 2. The predicted octanol–water partition coefficient (Wildman–Crippen LogP) is 11.3. The van der Waals surface area contributed by atoms with Crippen molar-refractivity contribution in [2.75, 3.05) is 13.2 Å². The molecule has 0 rings (SSSR count). The Kier molecular flexibility index (Phi) is 34.8. The Hall–Kier alpha value is -3.70. The van der Waals surface area contributed by atoms with Gasteiger partial charge in [0.25, 0.3) is 0 Å². The van der Waals surface area contributed by atoms with Gasteiger partial charge in [0.15, 0.2) is 0 Å². The molecular weight excluding hydrogens is 596 g/mol. The SMILES string of the molecule is CCCCCCCCC/C=C/C=C/C=C/C=C/C=C/C(=O)OCC(O)COC(=O)/C=C/C=C/C=C/C=C/C=C/CCCCCCCCC. The minimum atomic E-state index is -1.11. The van der Waals surface area contributed by atoms with E-state index in [0.29, 0.717) is 0 Å². The van der Waals surface area contributed by atoms with Crippen molar-refractivity contribution in [1.29, 1.82) is 0 Å². The molecule has 0 aromatic rings. The summed E-state index contributed by atoms with van der Waals surface area (Å²) in [6.07, 6.45) is 56.4. The summed E-state index contributed by atoms with van der Waals surface area (Å²) >= 11 is 0. The number of allylic oxidation sites excluding steroid dienone is 18. The van der Waals surface area contributed by atoms with Gasteiger partial charge >= 0.3 is 11.9 Å². The zero-order valence-corrected chi connectivity index (χ0v) is 29.9. The molecule has 48 heavy (non-hydrogen) atoms. The van der Waals surface area contributed by atoms with Gasteiger partial charge < -0.3 is 14.6 Å². The number of esters is 2. The number of carbonyl (C=O) groups is 2. The molecule has 0 heterocycles. The fraction of sp³-hybridized carbons (Fsp3) is 0.488. The molecule has 0 aliphatic carbocycles. The first kappa shape index (κ1) is 44.3. The quantitative estimate of drug-likeness (QED) is 0.0359. The highest BCUT2D eigenvalue weighted by Crippen LogP contribution is 2.09. The molecule has 0 radical (unpaired) electrons. The van der Waals surface area contributed by atoms with E-state index in [0.717, 1.165) is 12.8 Å². The molecule has 0 fully saturated rings. The van der Waals surface area contributed by atoms with Crippen LogP contribution < -0.4 is 0 Å². The third-order valence-corrected chi connectivity index (χ3v) is 7.08. The van der Waals surface area contributed by atoms with E-state index in [9.17, 15) is 14.7 Å². The summed E-state index contributed by atoms with van der Waals surface area (Å²) in [5, 5.41) is 9.92. The Morgan fingerprint density at radius 2 is 0.729 bits per heavy atom. The van der Waals surface area contributed by atoms with Gasteiger partial charge in [0.2, 0.25) is 0 Å². The molecule has 5 heteroatoms. The van der Waals surface area contributed by atoms with Crippen molar-refractivity contribution in [2.24, 2.45) is 0 Å². The molecule has 0 saturated heterocycles. The van der Waals surface area contributed by atoms with Crippen LogP contribution in [0.5, 0.6) is 0 Å². The van der Waals surface area contributed by atoms with Crippen LogP contribution >= 0.6 is 0 Å². The monoisotopic (exact) mass is 660 g/mol. The maximum absolute atomic E-state index is 11.8. The number of ether oxygens (including phenoxy) is 2. The van der Waals surface area contributed by atoms with Gasteiger partial charge in [-0.05, 0) is 25.7 Å². The lowest BCUT2D eigenvalue weighted by Gasteiger charge is -2.09. The van der Waals surface area contributed by atoms with Gasteiger partial charge in [-0.2, -0.15) is 0 Å². The van der Waals surface area contributed by atoms with E-state index in [2.05, 4.69) is 38.2 Å². The van der Waals surface area contributed by atoms with E-state index < -0.39 is 18.0 Å². The fourth-order valence-corrected chi connectivity index (χ4v) is 4.33. The minimum Gasteiger partial charge on any atom is -0.460 e. The van der Waals surface area contributed by atoms with E-state index in [1.807, 2.05) is 48.6 Å². The number of hydrogen-bond acceptors (Lipinski definition) is 5. The van der Waals surface area contributed by atoms with Crippen LogP contribution in [0, 0.1) is 0 Å². The molecule has 0 saturated carbocycles. The molecule has 266 valence electrons. The Balaban J connectivity index is 3.91. The van der Waals surface area contributed by atoms with Gasteiger partial charge in [0, 0.05) is 12.2 Å². The van der Waals surface area contributed by atoms with E-state index in [-0.39, 0.29) is 13.2 Å². The lowest BCUT2D eigenvalue weighted by atomic mass is 10.1. The molecule has 0 spiro atoms. The summed E-state index contributed by atoms with van der Waals surface area (Å²) < 4.78 is 9.96. The minimum absolute atomic E-state index is 0.270. The van der Waals surface area contributed by atoms with Crippen molar-refractivity contribution in [3.8, 4) is 0 Å². The van der Waals surface area contributed by atoms with E-state index in [1.165, 1.54) is 102 Å². The molecule has 0 aromatic carbocycles. The summed E-state index contributed by atoms with van der Waals surface area (Å²) in [5.74, 6) is -1.18. The van der Waals surface area contributed by atoms with E-state index in [4.69, 9.17) is 9.47 Å². The van der Waals surface area contributed by atoms with Crippen LogP contribution in [-0.2, 0) is 19.1 Å². The first-order valence-electron chi connectivity index (χ1n) is 18.3. The predicted molar refractivity (Wildman–Crippen MR) is 205 cm³/mol. The molecule has 0 aliphatic rings. The maximum atomic E-state index is 11.8. The van der Waals surface area contributed by atoms with Crippen LogP contribution in [0.25, 0.3) is 0 Å². The normalized spacial score (nSPS) is 13.1. The second-order valence-corrected chi connectivity index (χ2v) is 11.6. The van der Waals surface area contributed by atoms with Crippen molar-refractivity contribution in [3.05, 3.63) is 122 Å². The highest BCUT2D eigenvalue weighted by molar-refractivity contribution is 5.82. The van der Waals surface area contributed by atoms with Crippen molar-refractivity contribution in [3.63, 3.8) is 0 Å². The van der Waals surface area contributed by atoms with Crippen LogP contribution in [0.4, 0.5) is 0 Å². The van der Waals surface area contributed by atoms with Gasteiger partial charge in [-0.15, -0.1) is 0 Å². The average Bonchev–Trinajstić information content (AvgIpc) is 3.09. The highest BCUT2D eigenvalue weighted by atomic mass is 16.6.